The predicted octanol–water partition coefficient (Wildman–Crippen LogP) is 2.08. The van der Waals surface area contributed by atoms with Crippen LogP contribution in [-0.4, -0.2) is 46.5 Å². The molecule has 0 unspecified atom stereocenters. The van der Waals surface area contributed by atoms with Gasteiger partial charge in [0, 0.05) is 18.6 Å². The molecule has 0 aliphatic carbocycles. The van der Waals surface area contributed by atoms with Gasteiger partial charge >= 0.3 is 0 Å². The Balaban J connectivity index is 1.66. The van der Waals surface area contributed by atoms with Gasteiger partial charge in [-0.3, -0.25) is 14.8 Å². The van der Waals surface area contributed by atoms with Gasteiger partial charge in [-0.2, -0.15) is 0 Å². The van der Waals surface area contributed by atoms with E-state index in [2.05, 4.69) is 5.32 Å². The van der Waals surface area contributed by atoms with Crippen LogP contribution in [0.1, 0.15) is 32.8 Å². The maximum atomic E-state index is 12.7. The predicted molar refractivity (Wildman–Crippen MR) is 94.8 cm³/mol. The highest BCUT2D eigenvalue weighted by Gasteiger charge is 2.30. The van der Waals surface area contributed by atoms with Crippen molar-refractivity contribution in [3.8, 4) is 11.5 Å². The largest absolute Gasteiger partial charge is 0.454 e. The molecule has 0 radical (unpaired) electrons. The summed E-state index contributed by atoms with van der Waals surface area (Å²) in [5.41, 5.74) is 0.775. The number of benzene rings is 1. The van der Waals surface area contributed by atoms with E-state index in [0.717, 1.165) is 24.3 Å². The Labute approximate surface area is 147 Å². The van der Waals surface area contributed by atoms with E-state index in [1.165, 1.54) is 0 Å². The fourth-order valence-corrected chi connectivity index (χ4v) is 3.28. The number of rotatable bonds is 2. The molecule has 24 heavy (non-hydrogen) atoms. The maximum Gasteiger partial charge on any atom is 0.245 e. The number of hydrazine groups is 1. The molecule has 7 heteroatoms. The summed E-state index contributed by atoms with van der Waals surface area (Å²) in [6.45, 7) is 7.83. The molecule has 1 aromatic carbocycles. The Morgan fingerprint density at radius 3 is 2.67 bits per heavy atom. The van der Waals surface area contributed by atoms with Crippen molar-refractivity contribution in [1.82, 2.24) is 15.3 Å². The zero-order valence-corrected chi connectivity index (χ0v) is 15.1. The molecule has 3 rings (SSSR count). The third-order valence-corrected chi connectivity index (χ3v) is 4.14. The lowest BCUT2D eigenvalue weighted by Crippen LogP contribution is -2.53. The second kappa shape index (κ2) is 6.47. The van der Waals surface area contributed by atoms with E-state index in [-0.39, 0.29) is 18.2 Å². The quantitative estimate of drug-likeness (QED) is 0.825. The summed E-state index contributed by atoms with van der Waals surface area (Å²) in [5, 5.41) is 7.48. The average molecular weight is 349 g/mol. The second-order valence-corrected chi connectivity index (χ2v) is 7.42. The first-order valence-electron chi connectivity index (χ1n) is 8.12. The van der Waals surface area contributed by atoms with Crippen LogP contribution in [0.25, 0.3) is 0 Å². The molecule has 0 atom stereocenters. The Hall–Kier alpha value is -2.02. The number of thiocarbonyl (C=S) groups is 1. The minimum atomic E-state index is -0.133. The molecule has 1 saturated heterocycles. The Morgan fingerprint density at radius 2 is 1.92 bits per heavy atom. The van der Waals surface area contributed by atoms with Crippen molar-refractivity contribution in [2.75, 3.05) is 19.9 Å². The second-order valence-electron chi connectivity index (χ2n) is 7.04. The van der Waals surface area contributed by atoms with E-state index < -0.39 is 0 Å². The Bertz CT molecular complexity index is 657. The lowest BCUT2D eigenvalue weighted by atomic mass is 10.1. The molecular weight excluding hydrogens is 326 g/mol. The first kappa shape index (κ1) is 16.8. The third kappa shape index (κ3) is 3.72. The molecule has 1 aromatic rings. The molecule has 2 aliphatic rings. The first-order chi connectivity index (χ1) is 11.3. The summed E-state index contributed by atoms with van der Waals surface area (Å²) in [7, 11) is 0. The number of nitrogens with one attached hydrogen (secondary N) is 1. The van der Waals surface area contributed by atoms with E-state index >= 15 is 0 Å². The molecule has 1 fully saturated rings. The van der Waals surface area contributed by atoms with E-state index in [1.54, 1.807) is 5.01 Å². The van der Waals surface area contributed by atoms with Crippen molar-refractivity contribution < 1.29 is 14.3 Å². The molecule has 130 valence electrons. The minimum absolute atomic E-state index is 0.0319. The number of fused-ring (bicyclic) bond motifs is 1. The molecule has 0 aromatic heterocycles. The van der Waals surface area contributed by atoms with Gasteiger partial charge in [-0.1, -0.05) is 6.07 Å². The molecule has 1 amide bonds. The van der Waals surface area contributed by atoms with E-state index in [9.17, 15) is 4.79 Å². The van der Waals surface area contributed by atoms with Crippen LogP contribution in [0.5, 0.6) is 11.5 Å². The van der Waals surface area contributed by atoms with Crippen LogP contribution in [0.2, 0.25) is 0 Å². The van der Waals surface area contributed by atoms with Gasteiger partial charge in [0.05, 0.1) is 6.42 Å². The molecule has 2 heterocycles. The topological polar surface area (TPSA) is 54.0 Å². The molecule has 6 nitrogen and oxygen atoms in total. The highest BCUT2D eigenvalue weighted by atomic mass is 32.1. The highest BCUT2D eigenvalue weighted by Crippen LogP contribution is 2.32. The minimum Gasteiger partial charge on any atom is -0.454 e. The van der Waals surface area contributed by atoms with Crippen molar-refractivity contribution >= 4 is 23.2 Å². The van der Waals surface area contributed by atoms with Crippen molar-refractivity contribution in [2.24, 2.45) is 0 Å². The van der Waals surface area contributed by atoms with Crippen molar-refractivity contribution in [3.63, 3.8) is 0 Å². The van der Waals surface area contributed by atoms with Crippen molar-refractivity contribution in [2.45, 2.75) is 39.2 Å². The summed E-state index contributed by atoms with van der Waals surface area (Å²) < 4.78 is 10.7. The maximum absolute atomic E-state index is 12.7. The lowest BCUT2D eigenvalue weighted by molar-refractivity contribution is -0.138. The van der Waals surface area contributed by atoms with Gasteiger partial charge in [-0.05, 0) is 57.1 Å². The highest BCUT2D eigenvalue weighted by molar-refractivity contribution is 7.80. The van der Waals surface area contributed by atoms with Gasteiger partial charge in [0.25, 0.3) is 0 Å². The number of ether oxygens (including phenoxy) is 2. The van der Waals surface area contributed by atoms with Gasteiger partial charge in [0.1, 0.15) is 0 Å². The number of carbonyl (C=O) groups is 1. The zero-order chi connectivity index (χ0) is 17.3. The Morgan fingerprint density at radius 1 is 1.21 bits per heavy atom. The number of amides is 1. The van der Waals surface area contributed by atoms with E-state index in [4.69, 9.17) is 21.7 Å². The Kier molecular flexibility index (Phi) is 4.54. The average Bonchev–Trinajstić information content (AvgIpc) is 3.14. The van der Waals surface area contributed by atoms with E-state index in [0.29, 0.717) is 23.8 Å². The summed E-state index contributed by atoms with van der Waals surface area (Å²) in [4.78, 5) is 12.7. The fourth-order valence-electron chi connectivity index (χ4n) is 2.78. The van der Waals surface area contributed by atoms with Crippen LogP contribution in [0.3, 0.4) is 0 Å². The van der Waals surface area contributed by atoms with Gasteiger partial charge in [0.2, 0.25) is 12.7 Å². The summed E-state index contributed by atoms with van der Waals surface area (Å²) in [6, 6.07) is 5.61. The normalized spacial score (nSPS) is 16.5. The van der Waals surface area contributed by atoms with Crippen molar-refractivity contribution in [3.05, 3.63) is 23.8 Å². The molecular formula is C17H23N3O3S. The van der Waals surface area contributed by atoms with Crippen LogP contribution < -0.4 is 14.8 Å². The summed E-state index contributed by atoms with van der Waals surface area (Å²) in [6.07, 6.45) is 1.23. The third-order valence-electron chi connectivity index (χ3n) is 3.83. The monoisotopic (exact) mass is 349 g/mol. The van der Waals surface area contributed by atoms with Gasteiger partial charge < -0.3 is 14.8 Å². The van der Waals surface area contributed by atoms with Crippen LogP contribution in [0.4, 0.5) is 0 Å². The number of carbonyl (C=O) groups excluding carboxylic acids is 1. The number of hydrogen-bond acceptors (Lipinski definition) is 4. The number of nitrogens with zero attached hydrogens (tertiary/aromatic N) is 2. The lowest BCUT2D eigenvalue weighted by Gasteiger charge is -2.33. The standard InChI is InChI=1S/C17H23N3O3S/c1-17(2,3)18-16(24)20-8-4-7-19(20)15(21)10-12-5-6-13-14(9-12)23-11-22-13/h5-6,9H,4,7-8,10-11H2,1-3H3,(H,18,24). The van der Waals surface area contributed by atoms with E-state index in [1.807, 2.05) is 44.0 Å². The SMILES string of the molecule is CC(C)(C)NC(=S)N1CCCN1C(=O)Cc1ccc2c(c1)OCO2. The summed E-state index contributed by atoms with van der Waals surface area (Å²) in [5.74, 6) is 1.46. The van der Waals surface area contributed by atoms with Crippen LogP contribution in [-0.2, 0) is 11.2 Å². The summed E-state index contributed by atoms with van der Waals surface area (Å²) >= 11 is 5.47. The van der Waals surface area contributed by atoms with Crippen LogP contribution in [0, 0.1) is 0 Å². The van der Waals surface area contributed by atoms with Crippen LogP contribution >= 0.6 is 12.2 Å². The molecule has 1 N–H and O–H groups in total. The van der Waals surface area contributed by atoms with Gasteiger partial charge in [-0.15, -0.1) is 0 Å². The van der Waals surface area contributed by atoms with Gasteiger partial charge in [-0.25, -0.2) is 0 Å². The zero-order valence-electron chi connectivity index (χ0n) is 14.3. The molecule has 0 spiro atoms. The fraction of sp³-hybridized carbons (Fsp3) is 0.529. The molecule has 0 saturated carbocycles. The number of hydrogen-bond donors (Lipinski definition) is 1. The van der Waals surface area contributed by atoms with Crippen LogP contribution in [0.15, 0.2) is 18.2 Å². The van der Waals surface area contributed by atoms with Gasteiger partial charge in [0.15, 0.2) is 16.6 Å². The smallest absolute Gasteiger partial charge is 0.245 e. The first-order valence-corrected chi connectivity index (χ1v) is 8.53. The molecule has 0 bridgehead atoms. The van der Waals surface area contributed by atoms with Crippen molar-refractivity contribution in [1.29, 1.82) is 0 Å². The molecule has 2 aliphatic heterocycles.